The Labute approximate surface area is 151 Å². The van der Waals surface area contributed by atoms with Crippen molar-refractivity contribution in [2.24, 2.45) is 11.7 Å². The fourth-order valence-electron chi connectivity index (χ4n) is 2.63. The van der Waals surface area contributed by atoms with Crippen LogP contribution in [0, 0.1) is 5.92 Å². The summed E-state index contributed by atoms with van der Waals surface area (Å²) in [5.41, 5.74) is 5.97. The maximum Gasteiger partial charge on any atom is 0.223 e. The van der Waals surface area contributed by atoms with Gasteiger partial charge in [-0.3, -0.25) is 4.79 Å². The zero-order chi connectivity index (χ0) is 15.2. The molecule has 3 nitrogen and oxygen atoms in total. The summed E-state index contributed by atoms with van der Waals surface area (Å²) in [6, 6.07) is 8.30. The number of benzene rings is 1. The van der Waals surface area contributed by atoms with Gasteiger partial charge in [0.25, 0.3) is 0 Å². The van der Waals surface area contributed by atoms with E-state index < -0.39 is 0 Å². The number of halogens is 2. The van der Waals surface area contributed by atoms with Gasteiger partial charge < -0.3 is 10.6 Å². The normalized spacial score (nSPS) is 19.4. The number of hydrogen-bond donors (Lipinski definition) is 1. The van der Waals surface area contributed by atoms with E-state index in [0.29, 0.717) is 12.3 Å². The molecule has 0 radical (unpaired) electrons. The topological polar surface area (TPSA) is 46.3 Å². The van der Waals surface area contributed by atoms with Crippen molar-refractivity contribution in [2.45, 2.75) is 37.1 Å². The molecular weight excluding hydrogens is 384 g/mol. The number of carbonyl (C=O) groups is 1. The molecule has 0 saturated carbocycles. The zero-order valence-corrected chi connectivity index (χ0v) is 16.1. The summed E-state index contributed by atoms with van der Waals surface area (Å²) < 4.78 is 1.09. The van der Waals surface area contributed by atoms with Gasteiger partial charge in [-0.05, 0) is 53.7 Å². The van der Waals surface area contributed by atoms with Gasteiger partial charge in [-0.2, -0.15) is 0 Å². The first kappa shape index (κ1) is 19.8. The highest BCUT2D eigenvalue weighted by Gasteiger charge is 2.25. The maximum atomic E-state index is 12.3. The molecule has 0 spiro atoms. The molecule has 1 aliphatic heterocycles. The van der Waals surface area contributed by atoms with Crippen molar-refractivity contribution in [1.29, 1.82) is 0 Å². The number of likely N-dealkylation sites (tertiary alicyclic amines) is 1. The second kappa shape index (κ2) is 9.81. The Morgan fingerprint density at radius 3 is 2.91 bits per heavy atom. The number of thioether (sulfide) groups is 1. The van der Waals surface area contributed by atoms with Crippen LogP contribution in [0.3, 0.4) is 0 Å². The third-order valence-corrected chi connectivity index (χ3v) is 5.99. The molecule has 0 aliphatic carbocycles. The molecule has 0 bridgehead atoms. The van der Waals surface area contributed by atoms with Crippen molar-refractivity contribution in [3.05, 3.63) is 28.7 Å². The molecule has 2 N–H and O–H groups in total. The molecule has 2 rings (SSSR count). The first-order valence-corrected chi connectivity index (χ1v) is 9.26. The lowest BCUT2D eigenvalue weighted by atomic mass is 9.92. The molecule has 1 aliphatic rings. The van der Waals surface area contributed by atoms with Gasteiger partial charge >= 0.3 is 0 Å². The summed E-state index contributed by atoms with van der Waals surface area (Å²) >= 11 is 5.26. The van der Waals surface area contributed by atoms with E-state index in [-0.39, 0.29) is 24.4 Å². The van der Waals surface area contributed by atoms with Gasteiger partial charge in [-0.25, -0.2) is 0 Å². The van der Waals surface area contributed by atoms with Crippen molar-refractivity contribution in [3.63, 3.8) is 0 Å². The van der Waals surface area contributed by atoms with E-state index in [1.54, 1.807) is 11.8 Å². The van der Waals surface area contributed by atoms with Crippen LogP contribution in [0.25, 0.3) is 0 Å². The fourth-order valence-corrected chi connectivity index (χ4v) is 4.14. The Morgan fingerprint density at radius 1 is 1.50 bits per heavy atom. The molecule has 1 amide bonds. The lowest BCUT2D eigenvalue weighted by Crippen LogP contribution is -2.45. The zero-order valence-electron chi connectivity index (χ0n) is 12.8. The molecule has 124 valence electrons. The molecule has 1 aromatic carbocycles. The monoisotopic (exact) mass is 406 g/mol. The summed E-state index contributed by atoms with van der Waals surface area (Å²) in [6.07, 6.45) is 2.82. The van der Waals surface area contributed by atoms with Crippen LogP contribution in [-0.4, -0.2) is 35.7 Å². The van der Waals surface area contributed by atoms with Crippen LogP contribution in [-0.2, 0) is 4.79 Å². The lowest BCUT2D eigenvalue weighted by Gasteiger charge is -2.34. The highest BCUT2D eigenvalue weighted by atomic mass is 79.9. The molecule has 2 atom stereocenters. The molecule has 6 heteroatoms. The predicted molar refractivity (Wildman–Crippen MR) is 99.7 cm³/mol. The van der Waals surface area contributed by atoms with Crippen molar-refractivity contribution in [3.8, 4) is 0 Å². The van der Waals surface area contributed by atoms with Crippen LogP contribution in [0.5, 0.6) is 0 Å². The standard InChI is InChI=1S/C16H23BrN2OS.ClH/c1-12(18)13-5-4-9-19(11-13)16(20)8-10-21-15-7-3-2-6-14(15)17;/h2-3,6-7,12-13H,4-5,8-11,18H2,1H3;1H. The van der Waals surface area contributed by atoms with Crippen LogP contribution in [0.1, 0.15) is 26.2 Å². The number of rotatable bonds is 5. The number of nitrogens with zero attached hydrogens (tertiary/aromatic N) is 1. The Hall–Kier alpha value is -0.230. The predicted octanol–water partition coefficient (Wildman–Crippen LogP) is 3.94. The second-order valence-electron chi connectivity index (χ2n) is 5.63. The quantitative estimate of drug-likeness (QED) is 0.752. The highest BCUT2D eigenvalue weighted by molar-refractivity contribution is 9.10. The minimum absolute atomic E-state index is 0. The molecule has 1 saturated heterocycles. The molecular formula is C16H24BrClN2OS. The molecule has 1 fully saturated rings. The van der Waals surface area contributed by atoms with Gasteiger partial charge in [-0.15, -0.1) is 24.2 Å². The summed E-state index contributed by atoms with van der Waals surface area (Å²) in [4.78, 5) is 15.5. The van der Waals surface area contributed by atoms with E-state index in [1.165, 1.54) is 4.90 Å². The van der Waals surface area contributed by atoms with E-state index >= 15 is 0 Å². The first-order valence-electron chi connectivity index (χ1n) is 7.48. The molecule has 1 heterocycles. The number of piperidine rings is 1. The average molecular weight is 408 g/mol. The third-order valence-electron chi connectivity index (χ3n) is 3.96. The van der Waals surface area contributed by atoms with Crippen LogP contribution in [0.4, 0.5) is 0 Å². The molecule has 0 aromatic heterocycles. The van der Waals surface area contributed by atoms with Crippen molar-refractivity contribution >= 4 is 46.0 Å². The first-order chi connectivity index (χ1) is 10.1. The summed E-state index contributed by atoms with van der Waals surface area (Å²) in [7, 11) is 0. The van der Waals surface area contributed by atoms with Crippen LogP contribution in [0.15, 0.2) is 33.6 Å². The van der Waals surface area contributed by atoms with Gasteiger partial charge in [0.15, 0.2) is 0 Å². The minimum atomic E-state index is 0. The van der Waals surface area contributed by atoms with Gasteiger partial charge in [0.1, 0.15) is 0 Å². The molecule has 1 aromatic rings. The van der Waals surface area contributed by atoms with Crippen molar-refractivity contribution in [1.82, 2.24) is 4.90 Å². The van der Waals surface area contributed by atoms with Gasteiger partial charge in [0, 0.05) is 40.7 Å². The van der Waals surface area contributed by atoms with E-state index in [0.717, 1.165) is 36.2 Å². The number of hydrogen-bond acceptors (Lipinski definition) is 3. The van der Waals surface area contributed by atoms with Crippen LogP contribution in [0.2, 0.25) is 0 Å². The summed E-state index contributed by atoms with van der Waals surface area (Å²) in [6.45, 7) is 3.76. The molecule has 2 unspecified atom stereocenters. The van der Waals surface area contributed by atoms with Gasteiger partial charge in [0.05, 0.1) is 0 Å². The Balaban J connectivity index is 0.00000242. The highest BCUT2D eigenvalue weighted by Crippen LogP contribution is 2.28. The SMILES string of the molecule is CC(N)C1CCCN(C(=O)CCSc2ccccc2Br)C1.Cl. The number of nitrogens with two attached hydrogens (primary N) is 1. The molecule has 22 heavy (non-hydrogen) atoms. The minimum Gasteiger partial charge on any atom is -0.342 e. The van der Waals surface area contributed by atoms with E-state index in [4.69, 9.17) is 5.73 Å². The Kier molecular flexibility index (Phi) is 8.83. The van der Waals surface area contributed by atoms with Crippen LogP contribution < -0.4 is 5.73 Å². The number of carbonyl (C=O) groups excluding carboxylic acids is 1. The van der Waals surface area contributed by atoms with Crippen molar-refractivity contribution in [2.75, 3.05) is 18.8 Å². The van der Waals surface area contributed by atoms with E-state index in [2.05, 4.69) is 22.0 Å². The van der Waals surface area contributed by atoms with Crippen LogP contribution >= 0.6 is 40.1 Å². The summed E-state index contributed by atoms with van der Waals surface area (Å²) in [5.74, 6) is 1.54. The van der Waals surface area contributed by atoms with E-state index in [9.17, 15) is 4.79 Å². The number of amides is 1. The second-order valence-corrected chi connectivity index (χ2v) is 7.62. The van der Waals surface area contributed by atoms with Gasteiger partial charge in [-0.1, -0.05) is 12.1 Å². The third kappa shape index (κ3) is 5.76. The van der Waals surface area contributed by atoms with Gasteiger partial charge in [0.2, 0.25) is 5.91 Å². The maximum absolute atomic E-state index is 12.3. The lowest BCUT2D eigenvalue weighted by molar-refractivity contribution is -0.132. The smallest absolute Gasteiger partial charge is 0.223 e. The fraction of sp³-hybridized carbons (Fsp3) is 0.562. The summed E-state index contributed by atoms with van der Waals surface area (Å²) in [5, 5.41) is 0. The van der Waals surface area contributed by atoms with Crippen molar-refractivity contribution < 1.29 is 4.79 Å². The van der Waals surface area contributed by atoms with E-state index in [1.807, 2.05) is 30.0 Å². The largest absolute Gasteiger partial charge is 0.342 e. The Bertz CT molecular complexity index is 487. The average Bonchev–Trinajstić information content (AvgIpc) is 2.49. The Morgan fingerprint density at radius 2 is 2.23 bits per heavy atom.